The SMILES string of the molecule is CCCOC(=O)[C@H](C)NP(=O)(Oc1ccccc1)[C@H](F)c1ccc2sc(C(=O)N[C@H]3C[C@@H](C)C[C@H]4CC[C@@H](C(=O)N5CC(c6cncnc6N6CCC6)C5)N4C3=O)cc2c1. The van der Waals surface area contributed by atoms with Crippen LogP contribution >= 0.6 is 18.9 Å². The third-order valence-corrected chi connectivity index (χ3v) is 15.2. The minimum atomic E-state index is -4.45. The predicted octanol–water partition coefficient (Wildman–Crippen LogP) is 6.59. The van der Waals surface area contributed by atoms with Crippen molar-refractivity contribution >= 4 is 58.5 Å². The number of rotatable bonds is 14. The first-order valence-electron chi connectivity index (χ1n) is 20.9. The molecule has 318 valence electrons. The number of carbonyl (C=O) groups excluding carboxylic acids is 4. The summed E-state index contributed by atoms with van der Waals surface area (Å²) in [6, 6.07) is 11.8. The molecule has 4 aromatic rings. The number of fused-ring (bicyclic) bond motifs is 2. The zero-order valence-electron chi connectivity index (χ0n) is 34.0. The van der Waals surface area contributed by atoms with Crippen LogP contribution in [0, 0.1) is 5.92 Å². The highest BCUT2D eigenvalue weighted by molar-refractivity contribution is 7.57. The van der Waals surface area contributed by atoms with Crippen molar-refractivity contribution in [1.82, 2.24) is 30.2 Å². The van der Waals surface area contributed by atoms with E-state index >= 15 is 4.39 Å². The lowest BCUT2D eigenvalue weighted by atomic mass is 9.91. The van der Waals surface area contributed by atoms with E-state index in [9.17, 15) is 23.7 Å². The Bertz CT molecular complexity index is 2290. The van der Waals surface area contributed by atoms with E-state index in [2.05, 4.69) is 32.2 Å². The lowest BCUT2D eigenvalue weighted by molar-refractivity contribution is -0.148. The van der Waals surface area contributed by atoms with Gasteiger partial charge in [0.15, 0.2) is 0 Å². The van der Waals surface area contributed by atoms with E-state index in [0.29, 0.717) is 47.3 Å². The number of nitrogens with one attached hydrogen (secondary N) is 2. The maximum absolute atomic E-state index is 16.5. The van der Waals surface area contributed by atoms with E-state index in [1.54, 1.807) is 53.7 Å². The highest BCUT2D eigenvalue weighted by Crippen LogP contribution is 2.58. The van der Waals surface area contributed by atoms with Gasteiger partial charge in [0, 0.05) is 54.6 Å². The zero-order valence-corrected chi connectivity index (χ0v) is 35.7. The minimum Gasteiger partial charge on any atom is -0.465 e. The number of aromatic nitrogens is 2. The van der Waals surface area contributed by atoms with E-state index in [4.69, 9.17) is 9.26 Å². The molecule has 14 nitrogen and oxygen atoms in total. The number of halogens is 1. The van der Waals surface area contributed by atoms with Gasteiger partial charge in [-0.2, -0.15) is 0 Å². The van der Waals surface area contributed by atoms with E-state index in [0.717, 1.165) is 43.7 Å². The van der Waals surface area contributed by atoms with Crippen LogP contribution in [0.15, 0.2) is 67.1 Å². The Morgan fingerprint density at radius 1 is 1.07 bits per heavy atom. The number of likely N-dealkylation sites (tertiary alicyclic amines) is 1. The molecule has 4 aliphatic rings. The summed E-state index contributed by atoms with van der Waals surface area (Å²) < 4.78 is 42.5. The van der Waals surface area contributed by atoms with Crippen molar-refractivity contribution in [2.24, 2.45) is 5.92 Å². The maximum Gasteiger partial charge on any atom is 0.355 e. The zero-order chi connectivity index (χ0) is 42.1. The van der Waals surface area contributed by atoms with Gasteiger partial charge in [-0.25, -0.2) is 19.4 Å². The molecule has 4 aliphatic heterocycles. The number of carbonyl (C=O) groups is 4. The number of esters is 1. The summed E-state index contributed by atoms with van der Waals surface area (Å²) >= 11 is 1.19. The molecular weight excluding hydrogens is 809 g/mol. The number of nitrogens with zero attached hydrogens (tertiary/aromatic N) is 5. The molecule has 3 amide bonds. The molecule has 0 spiro atoms. The van der Waals surface area contributed by atoms with Gasteiger partial charge >= 0.3 is 13.5 Å². The van der Waals surface area contributed by atoms with E-state index < -0.39 is 43.4 Å². The number of amides is 3. The molecule has 17 heteroatoms. The molecule has 0 radical (unpaired) electrons. The molecule has 7 atom stereocenters. The first-order chi connectivity index (χ1) is 28.9. The molecular formula is C43H51FN7O7PS. The second-order valence-electron chi connectivity index (χ2n) is 16.4. The van der Waals surface area contributed by atoms with Crippen molar-refractivity contribution in [2.45, 2.75) is 95.3 Å². The van der Waals surface area contributed by atoms with Gasteiger partial charge < -0.3 is 29.3 Å². The lowest BCUT2D eigenvalue weighted by Crippen LogP contribution is -2.58. The summed E-state index contributed by atoms with van der Waals surface area (Å²) in [4.78, 5) is 69.7. The minimum absolute atomic E-state index is 0.0268. The van der Waals surface area contributed by atoms with Crippen LogP contribution in [0.25, 0.3) is 10.1 Å². The number of thiophene rings is 1. The van der Waals surface area contributed by atoms with Crippen LogP contribution in [0.3, 0.4) is 0 Å². The molecule has 0 aliphatic carbocycles. The Hall–Kier alpha value is -4.92. The summed E-state index contributed by atoms with van der Waals surface area (Å²) in [7, 11) is -4.45. The maximum atomic E-state index is 16.5. The summed E-state index contributed by atoms with van der Waals surface area (Å²) in [6.07, 6.45) is 7.62. The van der Waals surface area contributed by atoms with Gasteiger partial charge in [0.1, 0.15) is 36.0 Å². The van der Waals surface area contributed by atoms with Gasteiger partial charge in [0.25, 0.3) is 5.91 Å². The molecule has 8 rings (SSSR count). The van der Waals surface area contributed by atoms with E-state index in [-0.39, 0.29) is 47.6 Å². The van der Waals surface area contributed by atoms with E-state index in [1.807, 2.05) is 18.0 Å². The average molecular weight is 860 g/mol. The third-order valence-electron chi connectivity index (χ3n) is 12.0. The van der Waals surface area contributed by atoms with Crippen molar-refractivity contribution in [3.63, 3.8) is 0 Å². The Labute approximate surface area is 352 Å². The highest BCUT2D eigenvalue weighted by Gasteiger charge is 2.49. The quantitative estimate of drug-likeness (QED) is 0.104. The average Bonchev–Trinajstić information content (AvgIpc) is 3.80. The number of para-hydroxylation sites is 1. The number of ether oxygens (including phenoxy) is 1. The molecule has 4 fully saturated rings. The van der Waals surface area contributed by atoms with Gasteiger partial charge in [-0.05, 0) is 92.6 Å². The number of anilines is 1. The molecule has 2 N–H and O–H groups in total. The molecule has 60 heavy (non-hydrogen) atoms. The smallest absolute Gasteiger partial charge is 0.355 e. The van der Waals surface area contributed by atoms with Crippen LogP contribution in [0.5, 0.6) is 5.75 Å². The monoisotopic (exact) mass is 859 g/mol. The summed E-state index contributed by atoms with van der Waals surface area (Å²) in [5.74, 6) is -2.27. The molecule has 1 unspecified atom stereocenters. The predicted molar refractivity (Wildman–Crippen MR) is 226 cm³/mol. The molecule has 0 bridgehead atoms. The van der Waals surface area contributed by atoms with Gasteiger partial charge in [0.2, 0.25) is 17.7 Å². The number of alkyl halides is 1. The molecule has 2 aromatic heterocycles. The highest BCUT2D eigenvalue weighted by atomic mass is 32.1. The van der Waals surface area contributed by atoms with Crippen LogP contribution in [-0.4, -0.2) is 100 Å². The molecule has 6 heterocycles. The summed E-state index contributed by atoms with van der Waals surface area (Å²) in [5, 5.41) is 6.11. The number of hydrogen-bond acceptors (Lipinski definition) is 11. The Balaban J connectivity index is 0.953. The van der Waals surface area contributed by atoms with Gasteiger partial charge in [-0.3, -0.25) is 23.7 Å². The van der Waals surface area contributed by atoms with Crippen molar-refractivity contribution in [3.05, 3.63) is 83.1 Å². The second kappa shape index (κ2) is 17.6. The fourth-order valence-electron chi connectivity index (χ4n) is 8.71. The summed E-state index contributed by atoms with van der Waals surface area (Å²) in [6.45, 7) is 8.54. The Morgan fingerprint density at radius 3 is 2.58 bits per heavy atom. The van der Waals surface area contributed by atoms with E-state index in [1.165, 1.54) is 30.4 Å². The fourth-order valence-corrected chi connectivity index (χ4v) is 11.6. The van der Waals surface area contributed by atoms with Crippen LogP contribution < -0.4 is 19.8 Å². The second-order valence-corrected chi connectivity index (χ2v) is 19.6. The topological polar surface area (TPSA) is 163 Å². The van der Waals surface area contributed by atoms with Crippen molar-refractivity contribution in [3.8, 4) is 5.75 Å². The van der Waals surface area contributed by atoms with Crippen LogP contribution in [0.1, 0.15) is 91.9 Å². The number of hydrogen-bond donors (Lipinski definition) is 2. The summed E-state index contributed by atoms with van der Waals surface area (Å²) in [5.41, 5.74) is 1.08. The third kappa shape index (κ3) is 8.51. The fraction of sp³-hybridized carbons (Fsp3) is 0.488. The van der Waals surface area contributed by atoms with Gasteiger partial charge in [-0.15, -0.1) is 11.3 Å². The molecule has 4 saturated heterocycles. The largest absolute Gasteiger partial charge is 0.465 e. The van der Waals surface area contributed by atoms with Crippen molar-refractivity contribution in [2.75, 3.05) is 37.7 Å². The van der Waals surface area contributed by atoms with Crippen LogP contribution in [0.2, 0.25) is 0 Å². The Morgan fingerprint density at radius 2 is 1.85 bits per heavy atom. The Kier molecular flexibility index (Phi) is 12.3. The standard InChI is InChI=1S/C43H51FN7O7PS/c1-4-17-57-43(55)27(3)48-59(56,58-32-9-6-5-7-10-32)38(44)28-11-14-36-29(20-28)21-37(60-36)40(52)47-34-19-26(2)18-31-12-13-35(51(31)41(34)53)42(54)50-23-30(24-50)33-22-45-25-46-39(33)49-15-8-16-49/h5-7,9-11,14,20-22,25-27,30-31,34-35,38H,4,8,12-13,15-19,23-24H2,1-3H3,(H,47,52)(H,48,56)/t26-,27-,31+,34-,35-,38-,59?/m0/s1. The van der Waals surface area contributed by atoms with Gasteiger partial charge in [-0.1, -0.05) is 38.1 Å². The van der Waals surface area contributed by atoms with Crippen LogP contribution in [-0.2, 0) is 23.7 Å². The first-order valence-corrected chi connectivity index (χ1v) is 23.4. The van der Waals surface area contributed by atoms with Crippen molar-refractivity contribution in [1.29, 1.82) is 0 Å². The normalized spacial score (nSPS) is 23.7. The number of benzene rings is 2. The first kappa shape index (κ1) is 41.8. The van der Waals surface area contributed by atoms with Gasteiger partial charge in [0.05, 0.1) is 11.5 Å². The van der Waals surface area contributed by atoms with Crippen molar-refractivity contribution < 1.29 is 37.4 Å². The molecule has 0 saturated carbocycles. The lowest BCUT2D eigenvalue weighted by Gasteiger charge is -2.44. The van der Waals surface area contributed by atoms with Crippen LogP contribution in [0.4, 0.5) is 10.2 Å². The molecule has 2 aromatic carbocycles.